The van der Waals surface area contributed by atoms with Gasteiger partial charge in [0, 0.05) is 0 Å². The van der Waals surface area contributed by atoms with Gasteiger partial charge in [-0.05, 0) is 93.8 Å². The van der Waals surface area contributed by atoms with E-state index < -0.39 is 0 Å². The highest BCUT2D eigenvalue weighted by atomic mass is 14.5. The highest BCUT2D eigenvalue weighted by molar-refractivity contribution is 5.06. The second kappa shape index (κ2) is 13.3. The first kappa shape index (κ1) is 25.1. The van der Waals surface area contributed by atoms with Crippen LogP contribution in [0.4, 0.5) is 0 Å². The van der Waals surface area contributed by atoms with Gasteiger partial charge in [0.1, 0.15) is 0 Å². The number of nitrogens with zero attached hydrogens (tertiary/aromatic N) is 1. The van der Waals surface area contributed by atoms with E-state index in [2.05, 4.69) is 19.9 Å². The lowest BCUT2D eigenvalue weighted by molar-refractivity contribution is 0.0647. The fraction of sp³-hybridized carbons (Fsp3) is 0.967. The van der Waals surface area contributed by atoms with E-state index in [1.807, 2.05) is 0 Å². The molecule has 3 aliphatic carbocycles. The normalized spacial score (nSPS) is 36.7. The van der Waals surface area contributed by atoms with E-state index in [4.69, 9.17) is 0 Å². The van der Waals surface area contributed by atoms with Gasteiger partial charge in [-0.25, -0.2) is 0 Å². The van der Waals surface area contributed by atoms with Crippen molar-refractivity contribution in [2.45, 2.75) is 149 Å². The minimum absolute atomic E-state index is 0.0448. The van der Waals surface area contributed by atoms with Gasteiger partial charge in [0.25, 0.3) is 0 Å². The summed E-state index contributed by atoms with van der Waals surface area (Å²) in [6.07, 6.45) is 29.5. The first-order valence-electron chi connectivity index (χ1n) is 14.6. The molecule has 0 spiro atoms. The van der Waals surface area contributed by atoms with E-state index in [0.717, 1.165) is 23.7 Å². The fourth-order valence-corrected chi connectivity index (χ4v) is 7.71. The van der Waals surface area contributed by atoms with Crippen molar-refractivity contribution >= 4 is 0 Å². The van der Waals surface area contributed by atoms with Crippen molar-refractivity contribution in [2.75, 3.05) is 0 Å². The number of rotatable bonds is 11. The lowest BCUT2D eigenvalue weighted by atomic mass is 9.58. The van der Waals surface area contributed by atoms with E-state index in [9.17, 15) is 5.26 Å². The molecule has 0 heterocycles. The Hall–Kier alpha value is -0.510. The van der Waals surface area contributed by atoms with Crippen molar-refractivity contribution in [2.24, 2.45) is 35.0 Å². The molecule has 0 saturated heterocycles. The minimum Gasteiger partial charge on any atom is -0.198 e. The van der Waals surface area contributed by atoms with Crippen LogP contribution in [-0.4, -0.2) is 0 Å². The second-order valence-corrected chi connectivity index (χ2v) is 11.9. The van der Waals surface area contributed by atoms with Gasteiger partial charge in [0.15, 0.2) is 0 Å². The molecule has 0 aliphatic heterocycles. The highest BCUT2D eigenvalue weighted by Crippen LogP contribution is 2.52. The third-order valence-corrected chi connectivity index (χ3v) is 10.0. The zero-order chi connectivity index (χ0) is 21.9. The van der Waals surface area contributed by atoms with Gasteiger partial charge in [-0.2, -0.15) is 5.26 Å². The van der Waals surface area contributed by atoms with Crippen molar-refractivity contribution in [3.8, 4) is 6.07 Å². The van der Waals surface area contributed by atoms with Crippen LogP contribution in [0.2, 0.25) is 0 Å². The molecule has 3 aliphatic rings. The van der Waals surface area contributed by atoms with Gasteiger partial charge in [0.2, 0.25) is 0 Å². The zero-order valence-corrected chi connectivity index (χ0v) is 21.2. The number of nitriles is 1. The third-order valence-electron chi connectivity index (χ3n) is 10.0. The van der Waals surface area contributed by atoms with Crippen LogP contribution in [0.5, 0.6) is 0 Å². The molecule has 1 nitrogen and oxygen atoms in total. The maximum Gasteiger partial charge on any atom is 0.0692 e. The zero-order valence-electron chi connectivity index (χ0n) is 21.2. The monoisotopic (exact) mass is 427 g/mol. The van der Waals surface area contributed by atoms with E-state index in [1.165, 1.54) is 135 Å². The van der Waals surface area contributed by atoms with Crippen molar-refractivity contribution < 1.29 is 0 Å². The molecule has 0 radical (unpaired) electrons. The Bertz CT molecular complexity index is 507. The highest BCUT2D eigenvalue weighted by Gasteiger charge is 2.44. The van der Waals surface area contributed by atoms with Crippen molar-refractivity contribution in [3.05, 3.63) is 0 Å². The van der Waals surface area contributed by atoms with E-state index in [0.29, 0.717) is 5.92 Å². The maximum absolute atomic E-state index is 10.2. The lowest BCUT2D eigenvalue weighted by Crippen LogP contribution is -2.37. The molecule has 1 heteroatoms. The molecule has 0 amide bonds. The topological polar surface area (TPSA) is 23.8 Å². The molecule has 0 aromatic rings. The van der Waals surface area contributed by atoms with Gasteiger partial charge in [-0.15, -0.1) is 0 Å². The number of hydrogen-bond donors (Lipinski definition) is 0. The maximum atomic E-state index is 10.2. The van der Waals surface area contributed by atoms with E-state index in [-0.39, 0.29) is 5.41 Å². The Labute approximate surface area is 195 Å². The molecule has 31 heavy (non-hydrogen) atoms. The molecule has 0 N–H and O–H groups in total. The molecule has 0 aromatic carbocycles. The Morgan fingerprint density at radius 1 is 0.613 bits per heavy atom. The summed E-state index contributed by atoms with van der Waals surface area (Å²) in [5, 5.41) is 10.2. The molecular weight excluding hydrogens is 374 g/mol. The summed E-state index contributed by atoms with van der Waals surface area (Å²) in [7, 11) is 0. The van der Waals surface area contributed by atoms with Crippen molar-refractivity contribution in [3.63, 3.8) is 0 Å². The molecular formula is C30H53N. The first-order valence-corrected chi connectivity index (χ1v) is 14.6. The average molecular weight is 428 g/mol. The predicted molar refractivity (Wildman–Crippen MR) is 134 cm³/mol. The first-order chi connectivity index (χ1) is 15.2. The third kappa shape index (κ3) is 7.24. The Balaban J connectivity index is 1.36. The molecule has 0 bridgehead atoms. The Kier molecular flexibility index (Phi) is 10.7. The Morgan fingerprint density at radius 2 is 1.13 bits per heavy atom. The molecule has 3 saturated carbocycles. The largest absolute Gasteiger partial charge is 0.198 e. The van der Waals surface area contributed by atoms with Crippen molar-refractivity contribution in [1.29, 1.82) is 5.26 Å². The van der Waals surface area contributed by atoms with Crippen LogP contribution in [0.3, 0.4) is 0 Å². The van der Waals surface area contributed by atoms with Crippen LogP contribution in [-0.2, 0) is 0 Å². The quantitative estimate of drug-likeness (QED) is 0.301. The van der Waals surface area contributed by atoms with E-state index >= 15 is 0 Å². The predicted octanol–water partition coefficient (Wildman–Crippen LogP) is 9.85. The van der Waals surface area contributed by atoms with Crippen LogP contribution in [0.1, 0.15) is 149 Å². The van der Waals surface area contributed by atoms with Gasteiger partial charge in [-0.1, -0.05) is 84.5 Å². The van der Waals surface area contributed by atoms with Crippen LogP contribution in [0.15, 0.2) is 0 Å². The summed E-state index contributed by atoms with van der Waals surface area (Å²) in [6.45, 7) is 4.62. The lowest BCUT2D eigenvalue weighted by Gasteiger charge is -2.45. The van der Waals surface area contributed by atoms with Crippen LogP contribution < -0.4 is 0 Å². The summed E-state index contributed by atoms with van der Waals surface area (Å²) < 4.78 is 0. The SMILES string of the molecule is CCCCCCC[C@H]1CC[C@H]([C@H]2CC[C@H]([C@]3(C#N)CC[C@H](CCCC)CC3)CC2)CC1. The molecule has 3 rings (SSSR count). The van der Waals surface area contributed by atoms with Gasteiger partial charge in [0.05, 0.1) is 11.5 Å². The minimum atomic E-state index is 0.0448. The van der Waals surface area contributed by atoms with Gasteiger partial charge >= 0.3 is 0 Å². The number of unbranched alkanes of at least 4 members (excludes halogenated alkanes) is 5. The smallest absolute Gasteiger partial charge is 0.0692 e. The summed E-state index contributed by atoms with van der Waals surface area (Å²) in [5.74, 6) is 4.66. The Morgan fingerprint density at radius 3 is 1.71 bits per heavy atom. The molecule has 0 atom stereocenters. The summed E-state index contributed by atoms with van der Waals surface area (Å²) in [4.78, 5) is 0. The van der Waals surface area contributed by atoms with E-state index in [1.54, 1.807) is 0 Å². The second-order valence-electron chi connectivity index (χ2n) is 11.9. The number of hydrogen-bond acceptors (Lipinski definition) is 1. The van der Waals surface area contributed by atoms with Crippen LogP contribution >= 0.6 is 0 Å². The molecule has 3 fully saturated rings. The summed E-state index contributed by atoms with van der Waals surface area (Å²) >= 11 is 0. The van der Waals surface area contributed by atoms with Gasteiger partial charge in [-0.3, -0.25) is 0 Å². The fourth-order valence-electron chi connectivity index (χ4n) is 7.71. The van der Waals surface area contributed by atoms with Gasteiger partial charge < -0.3 is 0 Å². The van der Waals surface area contributed by atoms with Crippen LogP contribution in [0.25, 0.3) is 0 Å². The molecule has 178 valence electrons. The average Bonchev–Trinajstić information content (AvgIpc) is 2.83. The van der Waals surface area contributed by atoms with Crippen molar-refractivity contribution in [1.82, 2.24) is 0 Å². The standard InChI is InChI=1S/C30H53N/c1-3-5-7-8-9-11-25-12-14-27(15-13-25)28-16-18-29(19-17-28)30(24-31)22-20-26(21-23-30)10-6-4-2/h25-29H,3-23H2,1-2H3/t25-,26-,27-,28-,29-,30+. The summed E-state index contributed by atoms with van der Waals surface area (Å²) in [6, 6.07) is 2.90. The molecule has 0 aromatic heterocycles. The summed E-state index contributed by atoms with van der Waals surface area (Å²) in [5.41, 5.74) is 0.0448. The molecule has 0 unspecified atom stereocenters. The van der Waals surface area contributed by atoms with Crippen LogP contribution in [0, 0.1) is 46.3 Å².